The molecule has 0 heterocycles. The number of hydrogen-bond acceptors (Lipinski definition) is 5. The van der Waals surface area contributed by atoms with Crippen LogP contribution in [0.2, 0.25) is 0 Å². The number of aliphatic hydroxyl groups excluding tert-OH is 2. The van der Waals surface area contributed by atoms with Crippen LogP contribution >= 0.6 is 0 Å². The molecule has 2 N–H and O–H groups in total. The summed E-state index contributed by atoms with van der Waals surface area (Å²) in [5.41, 5.74) is 0. The molecular formula is C6H15BO5S. The maximum atomic E-state index is 11.5. The van der Waals surface area contributed by atoms with E-state index < -0.39 is 33.5 Å². The second kappa shape index (κ2) is 5.59. The van der Waals surface area contributed by atoms with Crippen molar-refractivity contribution in [3.05, 3.63) is 0 Å². The summed E-state index contributed by atoms with van der Waals surface area (Å²) < 4.78 is 27.6. The third-order valence-corrected chi connectivity index (χ3v) is 4.32. The first-order valence-electron chi connectivity index (χ1n) is 3.94. The van der Waals surface area contributed by atoms with Gasteiger partial charge in [-0.15, -0.1) is 0 Å². The van der Waals surface area contributed by atoms with Crippen LogP contribution < -0.4 is 0 Å². The molecule has 0 aliphatic rings. The molecule has 0 bridgehead atoms. The second-order valence-electron chi connectivity index (χ2n) is 2.84. The largest absolute Gasteiger partial charge is 0.396 e. The van der Waals surface area contributed by atoms with E-state index in [1.807, 2.05) is 0 Å². The first-order chi connectivity index (χ1) is 6.00. The third-order valence-electron chi connectivity index (χ3n) is 1.84. The number of aliphatic hydroxyl groups is 2. The zero-order valence-electron chi connectivity index (χ0n) is 7.80. The van der Waals surface area contributed by atoms with Gasteiger partial charge in [-0.25, -0.2) is 8.42 Å². The van der Waals surface area contributed by atoms with Gasteiger partial charge in [0.25, 0.3) is 0 Å². The highest BCUT2D eigenvalue weighted by molar-refractivity contribution is 7.93. The first-order valence-corrected chi connectivity index (χ1v) is 5.55. The Kier molecular flexibility index (Phi) is 5.54. The van der Waals surface area contributed by atoms with Gasteiger partial charge >= 0.3 is 0 Å². The van der Waals surface area contributed by atoms with Crippen LogP contribution in [0, 0.1) is 0 Å². The minimum absolute atomic E-state index is 0.0524. The van der Waals surface area contributed by atoms with E-state index in [-0.39, 0.29) is 6.61 Å². The third kappa shape index (κ3) is 3.26. The first kappa shape index (κ1) is 12.9. The second-order valence-corrected chi connectivity index (χ2v) is 5.49. The Labute approximate surface area is 79.0 Å². The van der Waals surface area contributed by atoms with Gasteiger partial charge in [-0.05, 0) is 0 Å². The number of hydrogen-bond donors (Lipinski definition) is 2. The quantitative estimate of drug-likeness (QED) is 0.468. The topological polar surface area (TPSA) is 83.8 Å². The molecule has 7 heteroatoms. The summed E-state index contributed by atoms with van der Waals surface area (Å²) in [6.07, 6.45) is 0. The van der Waals surface area contributed by atoms with Crippen LogP contribution in [0.15, 0.2) is 0 Å². The summed E-state index contributed by atoms with van der Waals surface area (Å²) in [6.45, 7) is -0.980. The van der Waals surface area contributed by atoms with Crippen LogP contribution in [0.3, 0.4) is 0 Å². The van der Waals surface area contributed by atoms with Crippen LogP contribution in [0.1, 0.15) is 0 Å². The van der Waals surface area contributed by atoms with E-state index in [0.29, 0.717) is 0 Å². The van der Waals surface area contributed by atoms with Crippen molar-refractivity contribution in [1.29, 1.82) is 0 Å². The maximum absolute atomic E-state index is 11.5. The molecule has 0 aromatic rings. The van der Waals surface area contributed by atoms with E-state index in [1.165, 1.54) is 15.0 Å². The molecule has 0 saturated carbocycles. The summed E-state index contributed by atoms with van der Waals surface area (Å²) >= 11 is 0. The minimum atomic E-state index is -3.49. The van der Waals surface area contributed by atoms with Gasteiger partial charge in [0.2, 0.25) is 0 Å². The lowest BCUT2D eigenvalue weighted by molar-refractivity contribution is 0.168. The van der Waals surface area contributed by atoms with Crippen molar-refractivity contribution in [1.82, 2.24) is 0 Å². The van der Waals surface area contributed by atoms with Gasteiger partial charge in [-0.3, -0.25) is 0 Å². The van der Waals surface area contributed by atoms with E-state index >= 15 is 0 Å². The molecule has 0 saturated heterocycles. The Balaban J connectivity index is 4.57. The highest BCUT2D eigenvalue weighted by Crippen LogP contribution is 2.07. The molecule has 0 radical (unpaired) electrons. The van der Waals surface area contributed by atoms with Crippen LogP contribution in [-0.4, -0.2) is 63.8 Å². The fourth-order valence-corrected chi connectivity index (χ4v) is 2.27. The smallest absolute Gasteiger partial charge is 0.155 e. The molecule has 0 amide bonds. The Hall–Kier alpha value is -0.105. The Morgan fingerprint density at radius 2 is 1.92 bits per heavy atom. The van der Waals surface area contributed by atoms with Gasteiger partial charge in [-0.2, -0.15) is 0 Å². The van der Waals surface area contributed by atoms with E-state index in [9.17, 15) is 8.42 Å². The molecule has 0 spiro atoms. The Morgan fingerprint density at radius 1 is 1.38 bits per heavy atom. The molecule has 0 aromatic carbocycles. The molecule has 0 unspecified atom stereocenters. The highest BCUT2D eigenvalue weighted by atomic mass is 32.2. The lowest BCUT2D eigenvalue weighted by atomic mass is 10.1. The SMILES string of the molecule is B[C@@H](CO)S(=O)(=O)[C@@H](CO)COC. The molecule has 0 rings (SSSR count). The zero-order valence-corrected chi connectivity index (χ0v) is 8.62. The molecule has 2 atom stereocenters. The maximum Gasteiger partial charge on any atom is 0.155 e. The molecule has 5 nitrogen and oxygen atoms in total. The van der Waals surface area contributed by atoms with Crippen molar-refractivity contribution >= 4 is 17.7 Å². The van der Waals surface area contributed by atoms with Crippen LogP contribution in [0.4, 0.5) is 0 Å². The van der Waals surface area contributed by atoms with Gasteiger partial charge in [-0.1, -0.05) is 0 Å². The van der Waals surface area contributed by atoms with Crippen molar-refractivity contribution in [2.75, 3.05) is 26.9 Å². The van der Waals surface area contributed by atoms with Crippen molar-refractivity contribution in [3.8, 4) is 0 Å². The molecule has 0 aliphatic carbocycles. The molecule has 13 heavy (non-hydrogen) atoms. The molecule has 78 valence electrons. The van der Waals surface area contributed by atoms with Gasteiger partial charge < -0.3 is 14.9 Å². The minimum Gasteiger partial charge on any atom is -0.396 e. The number of ether oxygens (including phenoxy) is 1. The summed E-state index contributed by atoms with van der Waals surface area (Å²) in [6, 6.07) is 0. The predicted octanol–water partition coefficient (Wildman–Crippen LogP) is -2.64. The fraction of sp³-hybridized carbons (Fsp3) is 1.00. The average Bonchev–Trinajstić information content (AvgIpc) is 2.12. The number of methoxy groups -OCH3 is 1. The van der Waals surface area contributed by atoms with Crippen LogP contribution in [-0.2, 0) is 14.6 Å². The number of rotatable bonds is 6. The standard InChI is InChI=1S/C6H15BO5S/c1-12-4-5(2-8)13(10,11)6(7)3-9/h5-6,8-9H,2-4,7H2,1H3/t5-,6+/m0/s1. The van der Waals surface area contributed by atoms with Crippen molar-refractivity contribution < 1.29 is 23.4 Å². The summed E-state index contributed by atoms with van der Waals surface area (Å²) in [5, 5.41) is 15.7. The average molecular weight is 210 g/mol. The van der Waals surface area contributed by atoms with E-state index in [1.54, 1.807) is 0 Å². The monoisotopic (exact) mass is 210 g/mol. The van der Waals surface area contributed by atoms with Crippen molar-refractivity contribution in [2.24, 2.45) is 0 Å². The van der Waals surface area contributed by atoms with E-state index in [0.717, 1.165) is 0 Å². The van der Waals surface area contributed by atoms with Gasteiger partial charge in [0.15, 0.2) is 9.84 Å². The van der Waals surface area contributed by atoms with Gasteiger partial charge in [0, 0.05) is 7.11 Å². The number of sulfone groups is 1. The Morgan fingerprint density at radius 3 is 2.23 bits per heavy atom. The predicted molar refractivity (Wildman–Crippen MR) is 51.1 cm³/mol. The highest BCUT2D eigenvalue weighted by Gasteiger charge is 2.29. The van der Waals surface area contributed by atoms with E-state index in [2.05, 4.69) is 4.74 Å². The van der Waals surface area contributed by atoms with Crippen LogP contribution in [0.25, 0.3) is 0 Å². The molecule has 0 aromatic heterocycles. The van der Waals surface area contributed by atoms with E-state index in [4.69, 9.17) is 10.2 Å². The molecule has 0 fully saturated rings. The summed E-state index contributed by atoms with van der Waals surface area (Å²) in [4.78, 5) is 0. The zero-order chi connectivity index (χ0) is 10.5. The van der Waals surface area contributed by atoms with Gasteiger partial charge in [0.1, 0.15) is 13.1 Å². The normalized spacial score (nSPS) is 16.8. The fourth-order valence-electron chi connectivity index (χ4n) is 0.870. The van der Waals surface area contributed by atoms with Crippen LogP contribution in [0.5, 0.6) is 0 Å². The van der Waals surface area contributed by atoms with Gasteiger partial charge in [0.05, 0.1) is 25.0 Å². The lowest BCUT2D eigenvalue weighted by Crippen LogP contribution is -2.39. The molecule has 0 aliphatic heterocycles. The molecular weight excluding hydrogens is 195 g/mol. The summed E-state index contributed by atoms with van der Waals surface area (Å²) in [7, 11) is -0.729. The summed E-state index contributed by atoms with van der Waals surface area (Å²) in [5.74, 6) is 0. The van der Waals surface area contributed by atoms with Crippen molar-refractivity contribution in [2.45, 2.75) is 10.4 Å². The Bertz CT molecular complexity index is 227. The van der Waals surface area contributed by atoms with Crippen molar-refractivity contribution in [3.63, 3.8) is 0 Å². The lowest BCUT2D eigenvalue weighted by Gasteiger charge is -2.18.